The van der Waals surface area contributed by atoms with Crippen molar-refractivity contribution in [3.63, 3.8) is 0 Å². The lowest BCUT2D eigenvalue weighted by atomic mass is 9.98. The van der Waals surface area contributed by atoms with Gasteiger partial charge in [0, 0.05) is 6.04 Å². The van der Waals surface area contributed by atoms with Gasteiger partial charge in [-0.25, -0.2) is 0 Å². The molecule has 30 heavy (non-hydrogen) atoms. The SMILES string of the molecule is CC(C)NC(=O)C[NH+](C)CC(=O)N[C@@H](c1ccccc1)c1ccc(OC(F)F)cc1. The molecule has 2 rings (SSSR count). The Morgan fingerprint density at radius 1 is 0.900 bits per heavy atom. The maximum Gasteiger partial charge on any atom is 0.387 e. The van der Waals surface area contributed by atoms with Gasteiger partial charge in [-0.2, -0.15) is 8.78 Å². The van der Waals surface area contributed by atoms with E-state index in [1.54, 1.807) is 19.2 Å². The molecule has 2 aromatic rings. The molecule has 3 N–H and O–H groups in total. The zero-order valence-corrected chi connectivity index (χ0v) is 17.3. The Balaban J connectivity index is 2.09. The molecule has 1 unspecified atom stereocenters. The van der Waals surface area contributed by atoms with Crippen molar-refractivity contribution in [2.45, 2.75) is 32.5 Å². The van der Waals surface area contributed by atoms with Gasteiger partial charge in [-0.15, -0.1) is 0 Å². The van der Waals surface area contributed by atoms with Crippen molar-refractivity contribution in [3.05, 3.63) is 65.7 Å². The zero-order valence-electron chi connectivity index (χ0n) is 17.3. The number of nitrogens with one attached hydrogen (secondary N) is 3. The summed E-state index contributed by atoms with van der Waals surface area (Å²) in [4.78, 5) is 25.3. The molecular weight excluding hydrogens is 392 g/mol. The van der Waals surface area contributed by atoms with Gasteiger partial charge < -0.3 is 20.3 Å². The topological polar surface area (TPSA) is 71.9 Å². The molecule has 0 aromatic heterocycles. The van der Waals surface area contributed by atoms with Crippen LogP contribution in [0.2, 0.25) is 0 Å². The van der Waals surface area contributed by atoms with E-state index < -0.39 is 12.7 Å². The van der Waals surface area contributed by atoms with E-state index in [2.05, 4.69) is 15.4 Å². The summed E-state index contributed by atoms with van der Waals surface area (Å²) in [6, 6.07) is 15.1. The van der Waals surface area contributed by atoms with Gasteiger partial charge in [-0.05, 0) is 37.1 Å². The van der Waals surface area contributed by atoms with Gasteiger partial charge in [-0.1, -0.05) is 42.5 Å². The van der Waals surface area contributed by atoms with Crippen molar-refractivity contribution in [2.24, 2.45) is 0 Å². The fourth-order valence-electron chi connectivity index (χ4n) is 3.04. The van der Waals surface area contributed by atoms with Crippen molar-refractivity contribution in [2.75, 3.05) is 20.1 Å². The predicted octanol–water partition coefficient (Wildman–Crippen LogP) is 1.53. The monoisotopic (exact) mass is 420 g/mol. The molecule has 0 heterocycles. The van der Waals surface area contributed by atoms with Gasteiger partial charge in [0.05, 0.1) is 13.1 Å². The second kappa shape index (κ2) is 11.3. The third-order valence-electron chi connectivity index (χ3n) is 4.25. The molecular formula is C22H28F2N3O3+. The number of hydrogen-bond donors (Lipinski definition) is 3. The minimum absolute atomic E-state index is 0.0404. The summed E-state index contributed by atoms with van der Waals surface area (Å²) in [5.74, 6) is -0.302. The van der Waals surface area contributed by atoms with Crippen molar-refractivity contribution in [1.29, 1.82) is 0 Å². The summed E-state index contributed by atoms with van der Waals surface area (Å²) in [7, 11) is 1.77. The van der Waals surface area contributed by atoms with Gasteiger partial charge in [0.1, 0.15) is 5.75 Å². The number of quaternary nitrogens is 1. The van der Waals surface area contributed by atoms with Gasteiger partial charge >= 0.3 is 6.61 Å². The molecule has 0 aliphatic carbocycles. The third kappa shape index (κ3) is 7.79. The van der Waals surface area contributed by atoms with E-state index in [0.29, 0.717) is 0 Å². The Labute approximate surface area is 175 Å². The van der Waals surface area contributed by atoms with Gasteiger partial charge in [0.25, 0.3) is 11.8 Å². The van der Waals surface area contributed by atoms with Crippen LogP contribution in [0.5, 0.6) is 5.75 Å². The van der Waals surface area contributed by atoms with Crippen LogP contribution < -0.4 is 20.3 Å². The van der Waals surface area contributed by atoms with E-state index in [4.69, 9.17) is 0 Å². The van der Waals surface area contributed by atoms with Crippen LogP contribution in [0.3, 0.4) is 0 Å². The first-order valence-electron chi connectivity index (χ1n) is 9.74. The van der Waals surface area contributed by atoms with E-state index in [9.17, 15) is 18.4 Å². The van der Waals surface area contributed by atoms with Crippen molar-refractivity contribution in [3.8, 4) is 5.75 Å². The highest BCUT2D eigenvalue weighted by molar-refractivity contribution is 5.79. The van der Waals surface area contributed by atoms with Crippen molar-refractivity contribution < 1.29 is 28.0 Å². The van der Waals surface area contributed by atoms with Crippen LogP contribution in [0.15, 0.2) is 54.6 Å². The van der Waals surface area contributed by atoms with Crippen LogP contribution in [-0.4, -0.2) is 44.6 Å². The van der Waals surface area contributed by atoms with E-state index >= 15 is 0 Å². The highest BCUT2D eigenvalue weighted by Gasteiger charge is 2.20. The first kappa shape index (κ1) is 23.3. The Bertz CT molecular complexity index is 814. The number of carbonyl (C=O) groups is 2. The van der Waals surface area contributed by atoms with Crippen LogP contribution in [0.4, 0.5) is 8.78 Å². The van der Waals surface area contributed by atoms with Crippen molar-refractivity contribution >= 4 is 11.8 Å². The first-order valence-corrected chi connectivity index (χ1v) is 9.74. The Kier molecular flexibility index (Phi) is 8.73. The minimum atomic E-state index is -2.90. The molecule has 2 aromatic carbocycles. The molecule has 0 bridgehead atoms. The number of rotatable bonds is 10. The highest BCUT2D eigenvalue weighted by Crippen LogP contribution is 2.24. The summed E-state index contributed by atoms with van der Waals surface area (Å²) in [6.45, 7) is 1.15. The zero-order chi connectivity index (χ0) is 22.1. The molecule has 0 fully saturated rings. The summed E-state index contributed by atoms with van der Waals surface area (Å²) < 4.78 is 29.2. The van der Waals surface area contributed by atoms with Crippen LogP contribution in [0.25, 0.3) is 0 Å². The molecule has 8 heteroatoms. The number of hydrogen-bond acceptors (Lipinski definition) is 3. The fourth-order valence-corrected chi connectivity index (χ4v) is 3.04. The second-order valence-corrected chi connectivity index (χ2v) is 7.39. The van der Waals surface area contributed by atoms with E-state index in [1.807, 2.05) is 44.2 Å². The molecule has 0 saturated carbocycles. The number of likely N-dealkylation sites (N-methyl/N-ethyl adjacent to an activating group) is 1. The molecule has 0 saturated heterocycles. The summed E-state index contributed by atoms with van der Waals surface area (Å²) in [5.41, 5.74) is 1.58. The van der Waals surface area contributed by atoms with Crippen LogP contribution >= 0.6 is 0 Å². The van der Waals surface area contributed by atoms with Gasteiger partial charge in [0.15, 0.2) is 13.1 Å². The maximum absolute atomic E-state index is 12.6. The second-order valence-electron chi connectivity index (χ2n) is 7.39. The Morgan fingerprint density at radius 2 is 1.43 bits per heavy atom. The van der Waals surface area contributed by atoms with Crippen LogP contribution in [-0.2, 0) is 9.59 Å². The third-order valence-corrected chi connectivity index (χ3v) is 4.25. The fraction of sp³-hybridized carbons (Fsp3) is 0.364. The average molecular weight is 420 g/mol. The van der Waals surface area contributed by atoms with Gasteiger partial charge in [0.2, 0.25) is 0 Å². The Hall–Kier alpha value is -3.00. The lowest BCUT2D eigenvalue weighted by Gasteiger charge is -2.21. The molecule has 2 amide bonds. The lowest BCUT2D eigenvalue weighted by molar-refractivity contribution is -0.862. The lowest BCUT2D eigenvalue weighted by Crippen LogP contribution is -3.11. The smallest absolute Gasteiger partial charge is 0.387 e. The van der Waals surface area contributed by atoms with Gasteiger partial charge in [-0.3, -0.25) is 9.59 Å². The maximum atomic E-state index is 12.6. The standard InChI is InChI=1S/C22H27F2N3O3/c1-15(2)25-19(28)13-27(3)14-20(29)26-21(16-7-5-4-6-8-16)17-9-11-18(12-10-17)30-22(23)24/h4-12,15,21-22H,13-14H2,1-3H3,(H,25,28)(H,26,29)/p+1/t21-/m0/s1. The molecule has 162 valence electrons. The number of carbonyl (C=O) groups excluding carboxylic acids is 2. The van der Waals surface area contributed by atoms with E-state index in [-0.39, 0.29) is 36.7 Å². The van der Waals surface area contributed by atoms with Crippen LogP contribution in [0, 0.1) is 0 Å². The van der Waals surface area contributed by atoms with Crippen molar-refractivity contribution in [1.82, 2.24) is 10.6 Å². The molecule has 6 nitrogen and oxygen atoms in total. The number of ether oxygens (including phenoxy) is 1. The summed E-state index contributed by atoms with van der Waals surface area (Å²) in [5, 5.41) is 5.78. The van der Waals surface area contributed by atoms with E-state index in [1.165, 1.54) is 12.1 Å². The largest absolute Gasteiger partial charge is 0.435 e. The predicted molar refractivity (Wildman–Crippen MR) is 109 cm³/mol. The Morgan fingerprint density at radius 3 is 1.97 bits per heavy atom. The minimum Gasteiger partial charge on any atom is -0.435 e. The molecule has 2 atom stereocenters. The summed E-state index contributed by atoms with van der Waals surface area (Å²) in [6.07, 6.45) is 0. The quantitative estimate of drug-likeness (QED) is 0.546. The highest BCUT2D eigenvalue weighted by atomic mass is 19.3. The summed E-state index contributed by atoms with van der Waals surface area (Å²) >= 11 is 0. The number of alkyl halides is 2. The molecule has 0 aliphatic heterocycles. The number of halogens is 2. The van der Waals surface area contributed by atoms with E-state index in [0.717, 1.165) is 16.0 Å². The molecule has 0 aliphatic rings. The first-order chi connectivity index (χ1) is 14.2. The van der Waals surface area contributed by atoms with Crippen LogP contribution in [0.1, 0.15) is 31.0 Å². The number of amides is 2. The average Bonchev–Trinajstić information content (AvgIpc) is 2.66. The normalized spacial score (nSPS) is 13.0. The number of benzene rings is 2. The molecule has 0 spiro atoms. The molecule has 0 radical (unpaired) electrons.